The molecule has 294 valence electrons. The minimum absolute atomic E-state index is 0.00983. The highest BCUT2D eigenvalue weighted by atomic mass is 16.5. The summed E-state index contributed by atoms with van der Waals surface area (Å²) in [7, 11) is 5.01. The summed E-state index contributed by atoms with van der Waals surface area (Å²) >= 11 is 0. The molecule has 0 bridgehead atoms. The number of amides is 3. The Morgan fingerprint density at radius 2 is 1.63 bits per heavy atom. The van der Waals surface area contributed by atoms with Gasteiger partial charge in [0.05, 0.1) is 48.8 Å². The number of benzene rings is 2. The van der Waals surface area contributed by atoms with E-state index in [1.807, 2.05) is 35.4 Å². The number of hydrogen-bond acceptors (Lipinski definition) is 11. The van der Waals surface area contributed by atoms with E-state index in [-0.39, 0.29) is 53.6 Å². The Labute approximate surface area is 328 Å². The Hall–Kier alpha value is -5.89. The van der Waals surface area contributed by atoms with Gasteiger partial charge in [0.2, 0.25) is 5.91 Å². The first-order valence-electron chi connectivity index (χ1n) is 19.5. The number of pyridine rings is 2. The molecule has 9 rings (SSSR count). The fraction of sp³-hybridized carbons (Fsp3) is 0.419. The SMILES string of the molecule is COc1cc(-c2cn(C)c(=O)c3cnccc23)cc(OC)c1CN1CC(CC(=O)N2CC3(CCN(c4ccc5c(c4)C(=O)N(C4CCC(=O)CC4=O)C5=O)C3)C2)C1. The van der Waals surface area contributed by atoms with Crippen molar-refractivity contribution in [3.8, 4) is 22.6 Å². The molecule has 0 radical (unpaired) electrons. The maximum Gasteiger partial charge on any atom is 0.262 e. The molecular weight excluding hydrogens is 729 g/mol. The molecule has 1 spiro atoms. The summed E-state index contributed by atoms with van der Waals surface area (Å²) < 4.78 is 13.3. The Morgan fingerprint density at radius 3 is 2.35 bits per heavy atom. The van der Waals surface area contributed by atoms with Gasteiger partial charge >= 0.3 is 0 Å². The van der Waals surface area contributed by atoms with Crippen LogP contribution in [-0.2, 0) is 28.0 Å². The van der Waals surface area contributed by atoms with Crippen molar-refractivity contribution in [1.29, 1.82) is 0 Å². The predicted octanol–water partition coefficient (Wildman–Crippen LogP) is 3.47. The average Bonchev–Trinajstić information content (AvgIpc) is 3.74. The zero-order chi connectivity index (χ0) is 39.7. The van der Waals surface area contributed by atoms with E-state index in [0.29, 0.717) is 54.1 Å². The number of Topliss-reactive ketones (excluding diaryl/α,β-unsaturated/α-hetero) is 2. The van der Waals surface area contributed by atoms with Crippen molar-refractivity contribution in [2.45, 2.75) is 44.7 Å². The summed E-state index contributed by atoms with van der Waals surface area (Å²) in [6.07, 6.45) is 6.63. The number of aryl methyl sites for hydroxylation is 1. The summed E-state index contributed by atoms with van der Waals surface area (Å²) in [6.45, 7) is 5.10. The molecule has 3 saturated heterocycles. The van der Waals surface area contributed by atoms with Gasteiger partial charge in [0.1, 0.15) is 17.3 Å². The van der Waals surface area contributed by atoms with Gasteiger partial charge in [0.15, 0.2) is 5.78 Å². The molecule has 4 aromatic rings. The van der Waals surface area contributed by atoms with Crippen molar-refractivity contribution in [2.75, 3.05) is 58.4 Å². The first-order valence-corrected chi connectivity index (χ1v) is 19.5. The number of ether oxygens (including phenoxy) is 2. The van der Waals surface area contributed by atoms with Crippen LogP contribution >= 0.6 is 0 Å². The van der Waals surface area contributed by atoms with Gasteiger partial charge in [0.25, 0.3) is 17.4 Å². The average molecular weight is 773 g/mol. The van der Waals surface area contributed by atoms with Crippen LogP contribution in [0.3, 0.4) is 0 Å². The Bertz CT molecular complexity index is 2420. The second-order valence-electron chi connectivity index (χ2n) is 16.4. The number of likely N-dealkylation sites (tertiary alicyclic amines) is 2. The van der Waals surface area contributed by atoms with Gasteiger partial charge in [-0.25, -0.2) is 0 Å². The quantitative estimate of drug-likeness (QED) is 0.182. The highest BCUT2D eigenvalue weighted by Crippen LogP contribution is 2.43. The maximum atomic E-state index is 13.4. The molecular formula is C43H44N6O8. The summed E-state index contributed by atoms with van der Waals surface area (Å²) in [5, 5.41) is 1.34. The van der Waals surface area contributed by atoms with Crippen molar-refractivity contribution in [3.05, 3.63) is 82.0 Å². The van der Waals surface area contributed by atoms with Crippen LogP contribution < -0.4 is 19.9 Å². The molecule has 57 heavy (non-hydrogen) atoms. The molecule has 4 fully saturated rings. The van der Waals surface area contributed by atoms with Crippen LogP contribution in [0.25, 0.3) is 21.9 Å². The number of methoxy groups -OCH3 is 2. The molecule has 4 aliphatic heterocycles. The minimum Gasteiger partial charge on any atom is -0.496 e. The van der Waals surface area contributed by atoms with E-state index in [2.05, 4.69) is 14.8 Å². The zero-order valence-corrected chi connectivity index (χ0v) is 32.3. The van der Waals surface area contributed by atoms with Crippen molar-refractivity contribution in [2.24, 2.45) is 18.4 Å². The highest BCUT2D eigenvalue weighted by Gasteiger charge is 2.50. The smallest absolute Gasteiger partial charge is 0.262 e. The van der Waals surface area contributed by atoms with Crippen molar-refractivity contribution >= 4 is 45.7 Å². The molecule has 1 aliphatic carbocycles. The van der Waals surface area contributed by atoms with Gasteiger partial charge in [-0.1, -0.05) is 0 Å². The van der Waals surface area contributed by atoms with Gasteiger partial charge in [-0.15, -0.1) is 0 Å². The van der Waals surface area contributed by atoms with E-state index in [4.69, 9.17) is 9.47 Å². The first kappa shape index (κ1) is 36.7. The van der Waals surface area contributed by atoms with Crippen LogP contribution in [0, 0.1) is 11.3 Å². The van der Waals surface area contributed by atoms with Crippen LogP contribution in [0.15, 0.2) is 59.8 Å². The van der Waals surface area contributed by atoms with E-state index >= 15 is 0 Å². The fourth-order valence-electron chi connectivity index (χ4n) is 9.58. The molecule has 1 saturated carbocycles. The topological polar surface area (TPSA) is 152 Å². The van der Waals surface area contributed by atoms with Gasteiger partial charge in [-0.05, 0) is 66.1 Å². The third-order valence-electron chi connectivity index (χ3n) is 12.6. The highest BCUT2D eigenvalue weighted by molar-refractivity contribution is 6.24. The van der Waals surface area contributed by atoms with E-state index in [9.17, 15) is 28.8 Å². The van der Waals surface area contributed by atoms with Gasteiger partial charge in [0, 0.05) is 101 Å². The zero-order valence-electron chi connectivity index (χ0n) is 32.3. The molecule has 14 heteroatoms. The number of imide groups is 1. The van der Waals surface area contributed by atoms with E-state index in [1.54, 1.807) is 50.4 Å². The Morgan fingerprint density at radius 1 is 0.895 bits per heavy atom. The molecule has 14 nitrogen and oxygen atoms in total. The number of ketones is 2. The van der Waals surface area contributed by atoms with Crippen molar-refractivity contribution in [1.82, 2.24) is 24.3 Å². The van der Waals surface area contributed by atoms with Crippen LogP contribution in [0.1, 0.15) is 58.4 Å². The van der Waals surface area contributed by atoms with E-state index < -0.39 is 17.9 Å². The second kappa shape index (κ2) is 13.9. The molecule has 5 aliphatic rings. The molecule has 2 aromatic carbocycles. The Kier molecular flexibility index (Phi) is 8.98. The maximum absolute atomic E-state index is 13.4. The van der Waals surface area contributed by atoms with Gasteiger partial charge < -0.3 is 23.8 Å². The lowest BCUT2D eigenvalue weighted by molar-refractivity contribution is -0.144. The number of carbonyl (C=O) groups is 5. The number of fused-ring (bicyclic) bond motifs is 2. The minimum atomic E-state index is -0.889. The number of hydrogen-bond donors (Lipinski definition) is 0. The first-order chi connectivity index (χ1) is 27.5. The fourth-order valence-corrected chi connectivity index (χ4v) is 9.58. The number of nitrogens with zero attached hydrogens (tertiary/aromatic N) is 6. The number of rotatable bonds is 9. The number of aromatic nitrogens is 2. The van der Waals surface area contributed by atoms with Crippen molar-refractivity contribution in [3.63, 3.8) is 0 Å². The van der Waals surface area contributed by atoms with E-state index in [0.717, 1.165) is 65.3 Å². The summed E-state index contributed by atoms with van der Waals surface area (Å²) in [5.74, 6) is 0.313. The molecule has 6 heterocycles. The summed E-state index contributed by atoms with van der Waals surface area (Å²) in [5.41, 5.74) is 3.97. The lowest BCUT2D eigenvalue weighted by Crippen LogP contribution is -2.60. The Balaban J connectivity index is 0.791. The monoisotopic (exact) mass is 772 g/mol. The van der Waals surface area contributed by atoms with Crippen molar-refractivity contribution < 1.29 is 33.4 Å². The van der Waals surface area contributed by atoms with Gasteiger partial charge in [-0.2, -0.15) is 0 Å². The van der Waals surface area contributed by atoms with Crippen LogP contribution in [-0.4, -0.2) is 113 Å². The predicted molar refractivity (Wildman–Crippen MR) is 209 cm³/mol. The van der Waals surface area contributed by atoms with Crippen LogP contribution in [0.5, 0.6) is 11.5 Å². The lowest BCUT2D eigenvalue weighted by atomic mass is 9.78. The second-order valence-corrected chi connectivity index (χ2v) is 16.4. The van der Waals surface area contributed by atoms with Crippen LogP contribution in [0.4, 0.5) is 5.69 Å². The molecule has 2 aromatic heterocycles. The number of carbonyl (C=O) groups excluding carboxylic acids is 5. The lowest BCUT2D eigenvalue weighted by Gasteiger charge is -2.49. The largest absolute Gasteiger partial charge is 0.496 e. The summed E-state index contributed by atoms with van der Waals surface area (Å²) in [4.78, 5) is 88.7. The standard InChI is InChI=1S/C43H44N6O8/c1-45-20-33(29-8-10-44-17-32(29)40(45)53)26-13-37(56-2)34(38(14-26)57-3)21-46-18-25(19-46)12-39(52)48-23-43(24-48)9-11-47(22-43)27-4-6-30-31(15-27)42(55)49(41(30)54)35-7-5-28(50)16-36(35)51/h4,6,8,10,13-15,17,20,25,35H,5,7,9,11-12,16,18-19,21-24H2,1-3H3. The molecule has 3 amide bonds. The van der Waals surface area contributed by atoms with Crippen LogP contribution in [0.2, 0.25) is 0 Å². The molecule has 0 N–H and O–H groups in total. The van der Waals surface area contributed by atoms with Gasteiger partial charge in [-0.3, -0.25) is 43.6 Å². The molecule has 1 unspecified atom stereocenters. The van der Waals surface area contributed by atoms with E-state index in [1.165, 1.54) is 0 Å². The molecule has 1 atom stereocenters. The normalized spacial score (nSPS) is 20.7. The summed E-state index contributed by atoms with van der Waals surface area (Å²) in [6, 6.07) is 10.2. The third kappa shape index (κ3) is 6.26. The number of anilines is 1. The third-order valence-corrected chi connectivity index (χ3v) is 12.6.